The Bertz CT molecular complexity index is 599. The van der Waals surface area contributed by atoms with Crippen LogP contribution in [0.3, 0.4) is 0 Å². The highest BCUT2D eigenvalue weighted by atomic mass is 35.5. The van der Waals surface area contributed by atoms with Gasteiger partial charge in [-0.2, -0.15) is 5.10 Å². The van der Waals surface area contributed by atoms with Crippen molar-refractivity contribution in [3.05, 3.63) is 40.7 Å². The monoisotopic (exact) mass is 309 g/mol. The molecule has 114 valence electrons. The zero-order valence-electron chi connectivity index (χ0n) is 12.5. The third-order valence-corrected chi connectivity index (χ3v) is 3.38. The van der Waals surface area contributed by atoms with Crippen molar-refractivity contribution in [3.8, 4) is 11.5 Å². The third-order valence-electron chi connectivity index (χ3n) is 3.10. The molecule has 0 atom stereocenters. The van der Waals surface area contributed by atoms with E-state index in [1.54, 1.807) is 14.2 Å². The average molecular weight is 310 g/mol. The van der Waals surface area contributed by atoms with Crippen molar-refractivity contribution >= 4 is 11.6 Å². The topological polar surface area (TPSA) is 48.3 Å². The van der Waals surface area contributed by atoms with Gasteiger partial charge in [0.25, 0.3) is 0 Å². The summed E-state index contributed by atoms with van der Waals surface area (Å²) < 4.78 is 12.4. The summed E-state index contributed by atoms with van der Waals surface area (Å²) in [7, 11) is 3.18. The molecule has 0 bridgehead atoms. The largest absolute Gasteiger partial charge is 0.493 e. The van der Waals surface area contributed by atoms with Crippen LogP contribution in [0.15, 0.2) is 24.5 Å². The fourth-order valence-electron chi connectivity index (χ4n) is 2.09. The normalized spacial score (nSPS) is 10.7. The zero-order valence-corrected chi connectivity index (χ0v) is 13.3. The first-order valence-corrected chi connectivity index (χ1v) is 7.12. The summed E-state index contributed by atoms with van der Waals surface area (Å²) in [6.45, 7) is 4.39. The van der Waals surface area contributed by atoms with Crippen LogP contribution in [0, 0.1) is 6.92 Å². The van der Waals surface area contributed by atoms with Gasteiger partial charge in [-0.05, 0) is 30.2 Å². The van der Waals surface area contributed by atoms with E-state index in [4.69, 9.17) is 21.1 Å². The molecule has 0 fully saturated rings. The van der Waals surface area contributed by atoms with Crippen molar-refractivity contribution in [3.63, 3.8) is 0 Å². The molecule has 2 rings (SSSR count). The summed E-state index contributed by atoms with van der Waals surface area (Å²) in [6, 6.07) is 3.81. The number of ether oxygens (including phenoxy) is 2. The Morgan fingerprint density at radius 2 is 2.10 bits per heavy atom. The summed E-state index contributed by atoms with van der Waals surface area (Å²) in [5.74, 6) is 1.21. The number of nitrogens with zero attached hydrogens (tertiary/aromatic N) is 2. The Morgan fingerprint density at radius 1 is 1.29 bits per heavy atom. The molecular weight excluding hydrogens is 290 g/mol. The minimum atomic E-state index is 0.552. The van der Waals surface area contributed by atoms with E-state index in [9.17, 15) is 0 Å². The number of hydrogen-bond acceptors (Lipinski definition) is 4. The van der Waals surface area contributed by atoms with Crippen LogP contribution in [0.1, 0.15) is 11.1 Å². The zero-order chi connectivity index (χ0) is 15.2. The van der Waals surface area contributed by atoms with Crippen LogP contribution in [0.4, 0.5) is 0 Å². The highest BCUT2D eigenvalue weighted by Crippen LogP contribution is 2.35. The van der Waals surface area contributed by atoms with Crippen molar-refractivity contribution in [1.82, 2.24) is 15.1 Å². The lowest BCUT2D eigenvalue weighted by Crippen LogP contribution is -2.19. The van der Waals surface area contributed by atoms with Gasteiger partial charge in [-0.15, -0.1) is 0 Å². The van der Waals surface area contributed by atoms with Gasteiger partial charge in [-0.3, -0.25) is 4.68 Å². The summed E-state index contributed by atoms with van der Waals surface area (Å²) in [5, 5.41) is 8.16. The molecule has 0 unspecified atom stereocenters. The Balaban J connectivity index is 1.89. The predicted octanol–water partition coefficient (Wildman–Crippen LogP) is 2.65. The van der Waals surface area contributed by atoms with Gasteiger partial charge >= 0.3 is 0 Å². The molecule has 0 aliphatic rings. The average Bonchev–Trinajstić information content (AvgIpc) is 2.88. The van der Waals surface area contributed by atoms with E-state index < -0.39 is 0 Å². The SMILES string of the molecule is COc1cc(CNCCn2cc(C)cn2)cc(Cl)c1OC. The lowest BCUT2D eigenvalue weighted by Gasteiger charge is -2.12. The summed E-state index contributed by atoms with van der Waals surface area (Å²) in [4.78, 5) is 0. The summed E-state index contributed by atoms with van der Waals surface area (Å²) >= 11 is 6.18. The van der Waals surface area contributed by atoms with E-state index in [0.29, 0.717) is 23.1 Å². The molecule has 1 N–H and O–H groups in total. The predicted molar refractivity (Wildman–Crippen MR) is 83.2 cm³/mol. The fourth-order valence-corrected chi connectivity index (χ4v) is 2.40. The molecule has 0 saturated heterocycles. The van der Waals surface area contributed by atoms with Crippen molar-refractivity contribution in [2.75, 3.05) is 20.8 Å². The summed E-state index contributed by atoms with van der Waals surface area (Å²) in [6.07, 6.45) is 3.88. The van der Waals surface area contributed by atoms with Crippen molar-refractivity contribution < 1.29 is 9.47 Å². The molecule has 1 aromatic heterocycles. The van der Waals surface area contributed by atoms with E-state index in [1.165, 1.54) is 5.56 Å². The van der Waals surface area contributed by atoms with Gasteiger partial charge in [0.05, 0.1) is 32.0 Å². The lowest BCUT2D eigenvalue weighted by atomic mass is 10.2. The van der Waals surface area contributed by atoms with Gasteiger partial charge in [0, 0.05) is 19.3 Å². The smallest absolute Gasteiger partial charge is 0.179 e. The number of nitrogens with one attached hydrogen (secondary N) is 1. The molecule has 0 spiro atoms. The van der Waals surface area contributed by atoms with Crippen LogP contribution in [-0.4, -0.2) is 30.5 Å². The Labute approximate surface area is 129 Å². The molecule has 0 amide bonds. The van der Waals surface area contributed by atoms with Crippen LogP contribution in [0.25, 0.3) is 0 Å². The van der Waals surface area contributed by atoms with Gasteiger partial charge in [0.1, 0.15) is 0 Å². The summed E-state index contributed by atoms with van der Waals surface area (Å²) in [5.41, 5.74) is 2.22. The number of hydrogen-bond donors (Lipinski definition) is 1. The van der Waals surface area contributed by atoms with Gasteiger partial charge in [0.15, 0.2) is 11.5 Å². The molecule has 6 heteroatoms. The number of benzene rings is 1. The number of methoxy groups -OCH3 is 2. The second kappa shape index (κ2) is 7.33. The molecule has 5 nitrogen and oxygen atoms in total. The lowest BCUT2D eigenvalue weighted by molar-refractivity contribution is 0.354. The second-order valence-electron chi connectivity index (χ2n) is 4.77. The Kier molecular flexibility index (Phi) is 5.47. The minimum absolute atomic E-state index is 0.552. The Hall–Kier alpha value is -1.72. The van der Waals surface area contributed by atoms with E-state index in [0.717, 1.165) is 18.7 Å². The van der Waals surface area contributed by atoms with Crippen LogP contribution in [0.5, 0.6) is 11.5 Å². The van der Waals surface area contributed by atoms with E-state index in [-0.39, 0.29) is 0 Å². The van der Waals surface area contributed by atoms with Crippen LogP contribution in [0.2, 0.25) is 5.02 Å². The number of rotatable bonds is 7. The number of halogens is 1. The number of aryl methyl sites for hydroxylation is 1. The van der Waals surface area contributed by atoms with Gasteiger partial charge in [-0.1, -0.05) is 11.6 Å². The fraction of sp³-hybridized carbons (Fsp3) is 0.400. The molecule has 0 aliphatic heterocycles. The first-order valence-electron chi connectivity index (χ1n) is 6.74. The molecule has 1 heterocycles. The van der Waals surface area contributed by atoms with Gasteiger partial charge < -0.3 is 14.8 Å². The number of aromatic nitrogens is 2. The molecule has 2 aromatic rings. The molecule has 0 radical (unpaired) electrons. The van der Waals surface area contributed by atoms with E-state index in [2.05, 4.69) is 10.4 Å². The quantitative estimate of drug-likeness (QED) is 0.799. The maximum atomic E-state index is 6.18. The maximum Gasteiger partial charge on any atom is 0.179 e. The molecule has 21 heavy (non-hydrogen) atoms. The van der Waals surface area contributed by atoms with Crippen LogP contribution >= 0.6 is 11.6 Å². The highest BCUT2D eigenvalue weighted by Gasteiger charge is 2.10. The van der Waals surface area contributed by atoms with Crippen molar-refractivity contribution in [1.29, 1.82) is 0 Å². The molecular formula is C15H20ClN3O2. The van der Waals surface area contributed by atoms with E-state index >= 15 is 0 Å². The van der Waals surface area contributed by atoms with Crippen molar-refractivity contribution in [2.24, 2.45) is 0 Å². The molecule has 1 aromatic carbocycles. The van der Waals surface area contributed by atoms with E-state index in [1.807, 2.05) is 36.1 Å². The van der Waals surface area contributed by atoms with Gasteiger partial charge in [0.2, 0.25) is 0 Å². The van der Waals surface area contributed by atoms with Crippen LogP contribution < -0.4 is 14.8 Å². The van der Waals surface area contributed by atoms with Crippen molar-refractivity contribution in [2.45, 2.75) is 20.0 Å². The first kappa shape index (κ1) is 15.7. The molecule has 0 saturated carbocycles. The minimum Gasteiger partial charge on any atom is -0.493 e. The first-order chi connectivity index (χ1) is 10.1. The van der Waals surface area contributed by atoms with Gasteiger partial charge in [-0.25, -0.2) is 0 Å². The second-order valence-corrected chi connectivity index (χ2v) is 5.18. The third kappa shape index (κ3) is 4.12. The maximum absolute atomic E-state index is 6.18. The van der Waals surface area contributed by atoms with Crippen LogP contribution in [-0.2, 0) is 13.1 Å². The Morgan fingerprint density at radius 3 is 2.71 bits per heavy atom. The molecule has 0 aliphatic carbocycles. The highest BCUT2D eigenvalue weighted by molar-refractivity contribution is 6.32. The standard InChI is InChI=1S/C15H20ClN3O2/c1-11-8-18-19(10-11)5-4-17-9-12-6-13(16)15(21-3)14(7-12)20-2/h6-8,10,17H,4-5,9H2,1-3H3.